The molecule has 0 spiro atoms. The quantitative estimate of drug-likeness (QED) is 0.394. The third-order valence-corrected chi connectivity index (χ3v) is 5.72. The van der Waals surface area contributed by atoms with Crippen molar-refractivity contribution in [3.63, 3.8) is 0 Å². The maximum absolute atomic E-state index is 12.8. The summed E-state index contributed by atoms with van der Waals surface area (Å²) in [5.74, 6) is -1.81. The lowest BCUT2D eigenvalue weighted by Gasteiger charge is -2.34. The van der Waals surface area contributed by atoms with Gasteiger partial charge in [0, 0.05) is 64.4 Å². The minimum Gasteiger partial charge on any atom is -0.395 e. The zero-order chi connectivity index (χ0) is 20.6. The summed E-state index contributed by atoms with van der Waals surface area (Å²) < 4.78 is 0. The molecule has 1 aliphatic heterocycles. The van der Waals surface area contributed by atoms with Gasteiger partial charge in [-0.1, -0.05) is 30.3 Å². The van der Waals surface area contributed by atoms with Gasteiger partial charge in [0.1, 0.15) is 5.92 Å². The molecular formula is C22H28N4O3. The zero-order valence-corrected chi connectivity index (χ0v) is 16.6. The van der Waals surface area contributed by atoms with Gasteiger partial charge >= 0.3 is 0 Å². The molecule has 0 bridgehead atoms. The lowest BCUT2D eigenvalue weighted by atomic mass is 9.73. The summed E-state index contributed by atoms with van der Waals surface area (Å²) in [6.07, 6.45) is 1.67. The SMILES string of the molecule is N#CC1C(=O)C(=CNCCN2CCN(CCO)CC2)C(=O)CC1c1ccccc1. The first-order chi connectivity index (χ1) is 14.1. The number of allylic oxidation sites excluding steroid dienone is 1. The normalized spacial score (nSPS) is 25.2. The molecule has 7 heteroatoms. The molecule has 0 amide bonds. The number of hydrogen-bond acceptors (Lipinski definition) is 7. The monoisotopic (exact) mass is 396 g/mol. The number of hydrogen-bond donors (Lipinski definition) is 2. The van der Waals surface area contributed by atoms with E-state index in [9.17, 15) is 14.9 Å². The fraction of sp³-hybridized carbons (Fsp3) is 0.500. The Kier molecular flexibility index (Phi) is 7.53. The largest absolute Gasteiger partial charge is 0.395 e. The Bertz CT molecular complexity index is 779. The van der Waals surface area contributed by atoms with Gasteiger partial charge in [-0.3, -0.25) is 19.4 Å². The Morgan fingerprint density at radius 1 is 1.10 bits per heavy atom. The van der Waals surface area contributed by atoms with Gasteiger partial charge in [0.15, 0.2) is 11.6 Å². The highest BCUT2D eigenvalue weighted by atomic mass is 16.3. The van der Waals surface area contributed by atoms with E-state index in [4.69, 9.17) is 5.11 Å². The predicted octanol–water partition coefficient (Wildman–Crippen LogP) is 0.535. The number of Topliss-reactive ketones (excluding diaryl/α,β-unsaturated/α-hetero) is 2. The predicted molar refractivity (Wildman–Crippen MR) is 109 cm³/mol. The Morgan fingerprint density at radius 3 is 2.38 bits per heavy atom. The van der Waals surface area contributed by atoms with Crippen molar-refractivity contribution in [3.05, 3.63) is 47.7 Å². The highest BCUT2D eigenvalue weighted by molar-refractivity contribution is 6.23. The second-order valence-electron chi connectivity index (χ2n) is 7.53. The molecule has 1 aliphatic carbocycles. The zero-order valence-electron chi connectivity index (χ0n) is 16.6. The smallest absolute Gasteiger partial charge is 0.185 e. The van der Waals surface area contributed by atoms with Crippen LogP contribution in [0.1, 0.15) is 17.9 Å². The second kappa shape index (κ2) is 10.3. The van der Waals surface area contributed by atoms with E-state index >= 15 is 0 Å². The number of rotatable bonds is 7. The summed E-state index contributed by atoms with van der Waals surface area (Å²) >= 11 is 0. The molecule has 2 fully saturated rings. The van der Waals surface area contributed by atoms with Crippen LogP contribution in [0.15, 0.2) is 42.1 Å². The van der Waals surface area contributed by atoms with Crippen molar-refractivity contribution in [1.82, 2.24) is 15.1 Å². The Hall–Kier alpha value is -2.53. The maximum atomic E-state index is 12.8. The van der Waals surface area contributed by atoms with Crippen molar-refractivity contribution in [1.29, 1.82) is 5.26 Å². The third kappa shape index (κ3) is 5.30. The van der Waals surface area contributed by atoms with Crippen molar-refractivity contribution in [2.75, 3.05) is 52.4 Å². The van der Waals surface area contributed by atoms with E-state index < -0.39 is 5.92 Å². The van der Waals surface area contributed by atoms with E-state index in [0.29, 0.717) is 13.1 Å². The summed E-state index contributed by atoms with van der Waals surface area (Å²) in [6.45, 7) is 6.08. The molecule has 3 rings (SSSR count). The first-order valence-corrected chi connectivity index (χ1v) is 10.1. The lowest BCUT2D eigenvalue weighted by molar-refractivity contribution is -0.126. The average Bonchev–Trinajstić information content (AvgIpc) is 2.74. The summed E-state index contributed by atoms with van der Waals surface area (Å²) in [6, 6.07) is 11.4. The van der Waals surface area contributed by atoms with E-state index in [1.807, 2.05) is 30.3 Å². The second-order valence-corrected chi connectivity index (χ2v) is 7.53. The number of nitrogens with zero attached hydrogens (tertiary/aromatic N) is 3. The fourth-order valence-corrected chi connectivity index (χ4v) is 4.00. The maximum Gasteiger partial charge on any atom is 0.185 e. The Balaban J connectivity index is 1.53. The van der Waals surface area contributed by atoms with Gasteiger partial charge in [-0.15, -0.1) is 0 Å². The van der Waals surface area contributed by atoms with Crippen LogP contribution in [0.3, 0.4) is 0 Å². The molecule has 1 heterocycles. The van der Waals surface area contributed by atoms with E-state index in [2.05, 4.69) is 21.2 Å². The van der Waals surface area contributed by atoms with Crippen LogP contribution >= 0.6 is 0 Å². The van der Waals surface area contributed by atoms with Gasteiger partial charge in [0.2, 0.25) is 0 Å². The minimum atomic E-state index is -0.831. The molecule has 0 aromatic heterocycles. The highest BCUT2D eigenvalue weighted by Crippen LogP contribution is 2.35. The number of β-amino-alcohol motifs (C(OH)–C–C–N with tert-alkyl or cyclic N) is 1. The Labute approximate surface area is 171 Å². The minimum absolute atomic E-state index is 0.108. The molecule has 0 radical (unpaired) electrons. The summed E-state index contributed by atoms with van der Waals surface area (Å²) in [7, 11) is 0. The van der Waals surface area contributed by atoms with Crippen molar-refractivity contribution in [2.45, 2.75) is 12.3 Å². The third-order valence-electron chi connectivity index (χ3n) is 5.72. The lowest BCUT2D eigenvalue weighted by Crippen LogP contribution is -2.48. The number of benzene rings is 1. The molecule has 2 unspecified atom stereocenters. The number of ketones is 2. The van der Waals surface area contributed by atoms with Gasteiger partial charge in [-0.25, -0.2) is 0 Å². The molecule has 1 aromatic rings. The topological polar surface area (TPSA) is 96.7 Å². The molecule has 2 aliphatic rings. The number of piperazine rings is 1. The molecule has 7 nitrogen and oxygen atoms in total. The van der Waals surface area contributed by atoms with Gasteiger partial charge in [0.05, 0.1) is 18.2 Å². The number of aliphatic hydroxyl groups excluding tert-OH is 1. The van der Waals surface area contributed by atoms with E-state index in [1.54, 1.807) is 0 Å². The van der Waals surface area contributed by atoms with E-state index in [1.165, 1.54) is 6.20 Å². The number of carbonyl (C=O) groups excluding carboxylic acids is 2. The number of nitrogens with one attached hydrogen (secondary N) is 1. The first kappa shape index (κ1) is 21.2. The van der Waals surface area contributed by atoms with Crippen LogP contribution in [-0.2, 0) is 9.59 Å². The molecule has 2 atom stereocenters. The van der Waals surface area contributed by atoms with Crippen molar-refractivity contribution in [3.8, 4) is 6.07 Å². The number of aliphatic hydroxyl groups is 1. The summed E-state index contributed by atoms with van der Waals surface area (Å²) in [4.78, 5) is 29.9. The van der Waals surface area contributed by atoms with Gasteiger partial charge in [-0.2, -0.15) is 5.26 Å². The van der Waals surface area contributed by atoms with Gasteiger partial charge in [0.25, 0.3) is 0 Å². The Morgan fingerprint density at radius 2 is 1.76 bits per heavy atom. The molecule has 1 saturated carbocycles. The molecular weight excluding hydrogens is 368 g/mol. The van der Waals surface area contributed by atoms with E-state index in [-0.39, 0.29) is 36.1 Å². The molecule has 1 aromatic carbocycles. The van der Waals surface area contributed by atoms with Crippen LogP contribution in [0.4, 0.5) is 0 Å². The van der Waals surface area contributed by atoms with E-state index in [0.717, 1.165) is 38.3 Å². The van der Waals surface area contributed by atoms with Gasteiger partial charge in [-0.05, 0) is 5.56 Å². The number of carbonyl (C=O) groups is 2. The fourth-order valence-electron chi connectivity index (χ4n) is 4.00. The van der Waals surface area contributed by atoms with Crippen LogP contribution in [0.5, 0.6) is 0 Å². The van der Waals surface area contributed by atoms with Crippen molar-refractivity contribution < 1.29 is 14.7 Å². The molecule has 154 valence electrons. The molecule has 29 heavy (non-hydrogen) atoms. The average molecular weight is 396 g/mol. The molecule has 1 saturated heterocycles. The van der Waals surface area contributed by atoms with Gasteiger partial charge < -0.3 is 10.4 Å². The first-order valence-electron chi connectivity index (χ1n) is 10.1. The highest BCUT2D eigenvalue weighted by Gasteiger charge is 2.40. The van der Waals surface area contributed by atoms with Crippen molar-refractivity contribution >= 4 is 11.6 Å². The van der Waals surface area contributed by atoms with Crippen LogP contribution in [0.25, 0.3) is 0 Å². The van der Waals surface area contributed by atoms with Crippen molar-refractivity contribution in [2.24, 2.45) is 5.92 Å². The summed E-state index contributed by atoms with van der Waals surface area (Å²) in [5.41, 5.74) is 0.963. The summed E-state index contributed by atoms with van der Waals surface area (Å²) in [5, 5.41) is 21.6. The van der Waals surface area contributed by atoms with Crippen LogP contribution < -0.4 is 5.32 Å². The standard InChI is InChI=1S/C22H28N4O3/c23-15-19-18(17-4-2-1-3-5-17)14-21(28)20(22(19)29)16-24-6-7-25-8-10-26(11-9-25)12-13-27/h1-5,16,18-19,24,27H,6-14H2. The number of nitriles is 1. The molecule has 2 N–H and O–H groups in total. The van der Waals surface area contributed by atoms with Crippen LogP contribution in [-0.4, -0.2) is 78.9 Å². The van der Waals surface area contributed by atoms with Crippen LogP contribution in [0.2, 0.25) is 0 Å². The van der Waals surface area contributed by atoms with Crippen LogP contribution in [0, 0.1) is 17.2 Å².